The maximum absolute atomic E-state index is 12.1. The molecule has 2 rings (SSSR count). The molecule has 0 aliphatic rings. The minimum atomic E-state index is -0.393. The molecule has 0 saturated heterocycles. The summed E-state index contributed by atoms with van der Waals surface area (Å²) in [4.78, 5) is 23.5. The summed E-state index contributed by atoms with van der Waals surface area (Å²) in [5.74, 6) is 0.156. The van der Waals surface area contributed by atoms with Gasteiger partial charge in [0.15, 0.2) is 17.3 Å². The van der Waals surface area contributed by atoms with E-state index in [4.69, 9.17) is 9.47 Å². The largest absolute Gasteiger partial charge is 0.493 e. The summed E-state index contributed by atoms with van der Waals surface area (Å²) in [5.41, 5.74) is 2.11. The van der Waals surface area contributed by atoms with Gasteiger partial charge in [-0.1, -0.05) is 32.0 Å². The van der Waals surface area contributed by atoms with Crippen LogP contribution in [0.4, 0.5) is 0 Å². The van der Waals surface area contributed by atoms with E-state index in [9.17, 15) is 14.9 Å². The predicted octanol–water partition coefficient (Wildman–Crippen LogP) is 4.19. The molecule has 0 aromatic heterocycles. The molecule has 0 spiro atoms. The molecule has 0 atom stereocenters. The minimum Gasteiger partial charge on any atom is -0.493 e. The molecule has 29 heavy (non-hydrogen) atoms. The number of hydrogen-bond acceptors (Lipinski definition) is 6. The summed E-state index contributed by atoms with van der Waals surface area (Å²) in [6, 6.07) is 14.1. The summed E-state index contributed by atoms with van der Waals surface area (Å²) < 4.78 is 15.9. The number of ether oxygens (including phenoxy) is 3. The van der Waals surface area contributed by atoms with Gasteiger partial charge >= 0.3 is 5.97 Å². The molecule has 0 fully saturated rings. The zero-order valence-electron chi connectivity index (χ0n) is 16.9. The molecule has 2 aromatic rings. The first-order valence-corrected chi connectivity index (χ1v) is 9.03. The van der Waals surface area contributed by atoms with Crippen LogP contribution < -0.4 is 9.47 Å². The molecule has 6 nitrogen and oxygen atoms in total. The number of benzene rings is 2. The number of carbonyl (C=O) groups excluding carboxylic acids is 2. The Morgan fingerprint density at radius 2 is 1.76 bits per heavy atom. The van der Waals surface area contributed by atoms with Crippen LogP contribution in [-0.2, 0) is 16.1 Å². The third-order valence-corrected chi connectivity index (χ3v) is 4.18. The predicted molar refractivity (Wildman–Crippen MR) is 109 cm³/mol. The van der Waals surface area contributed by atoms with Crippen molar-refractivity contribution in [3.8, 4) is 17.6 Å². The average Bonchev–Trinajstić information content (AvgIpc) is 2.75. The van der Waals surface area contributed by atoms with Crippen LogP contribution in [0.1, 0.15) is 35.3 Å². The molecule has 0 aliphatic heterocycles. The van der Waals surface area contributed by atoms with Crippen molar-refractivity contribution in [3.63, 3.8) is 0 Å². The number of esters is 1. The van der Waals surface area contributed by atoms with Gasteiger partial charge in [0.1, 0.15) is 12.7 Å². The molecule has 0 heterocycles. The fraction of sp³-hybridized carbons (Fsp3) is 0.261. The molecule has 0 radical (unpaired) electrons. The van der Waals surface area contributed by atoms with Gasteiger partial charge in [-0.15, -0.1) is 0 Å². The van der Waals surface area contributed by atoms with Gasteiger partial charge in [-0.3, -0.25) is 4.79 Å². The summed E-state index contributed by atoms with van der Waals surface area (Å²) >= 11 is 0. The fourth-order valence-corrected chi connectivity index (χ4v) is 2.55. The summed E-state index contributed by atoms with van der Waals surface area (Å²) in [5, 5.41) is 9.24. The third kappa shape index (κ3) is 5.69. The lowest BCUT2D eigenvalue weighted by Gasteiger charge is -2.12. The number of methoxy groups -OCH3 is 2. The van der Waals surface area contributed by atoms with E-state index in [1.165, 1.54) is 14.2 Å². The number of nitriles is 1. The van der Waals surface area contributed by atoms with Crippen LogP contribution in [0, 0.1) is 17.2 Å². The molecule has 2 aromatic carbocycles. The lowest BCUT2D eigenvalue weighted by Crippen LogP contribution is -2.08. The molecular weight excluding hydrogens is 370 g/mol. The van der Waals surface area contributed by atoms with Crippen molar-refractivity contribution in [2.75, 3.05) is 14.2 Å². The zero-order valence-corrected chi connectivity index (χ0v) is 16.9. The monoisotopic (exact) mass is 393 g/mol. The van der Waals surface area contributed by atoms with Crippen LogP contribution in [0.25, 0.3) is 6.08 Å². The van der Waals surface area contributed by atoms with Crippen LogP contribution in [0.15, 0.2) is 48.0 Å². The number of nitrogens with zero attached hydrogens (tertiary/aromatic N) is 1. The quantitative estimate of drug-likeness (QED) is 0.380. The SMILES string of the molecule is COC(=O)c1ccc(COc2ccc(/C=C(/C#N)C(=O)C(C)C)cc2OC)cc1. The average molecular weight is 393 g/mol. The Morgan fingerprint density at radius 1 is 1.07 bits per heavy atom. The highest BCUT2D eigenvalue weighted by Gasteiger charge is 2.14. The lowest BCUT2D eigenvalue weighted by molar-refractivity contribution is -0.117. The number of rotatable bonds is 8. The maximum Gasteiger partial charge on any atom is 0.337 e. The highest BCUT2D eigenvalue weighted by atomic mass is 16.5. The van der Waals surface area contributed by atoms with Crippen LogP contribution in [0.2, 0.25) is 0 Å². The van der Waals surface area contributed by atoms with Crippen LogP contribution in [0.3, 0.4) is 0 Å². The van der Waals surface area contributed by atoms with E-state index in [0.29, 0.717) is 22.6 Å². The Hall–Kier alpha value is -3.59. The van der Waals surface area contributed by atoms with Crippen molar-refractivity contribution in [1.29, 1.82) is 5.26 Å². The fourth-order valence-electron chi connectivity index (χ4n) is 2.55. The van der Waals surface area contributed by atoms with E-state index >= 15 is 0 Å². The standard InChI is InChI=1S/C23H23NO5/c1-15(2)22(25)19(13-24)11-17-7-10-20(21(12-17)27-3)29-14-16-5-8-18(9-6-16)23(26)28-4/h5-12,15H,14H2,1-4H3/b19-11-. The van der Waals surface area contributed by atoms with Crippen molar-refractivity contribution in [3.05, 3.63) is 64.7 Å². The molecule has 0 bridgehead atoms. The highest BCUT2D eigenvalue weighted by Crippen LogP contribution is 2.30. The van der Waals surface area contributed by atoms with Crippen LogP contribution >= 0.6 is 0 Å². The Balaban J connectivity index is 2.16. The van der Waals surface area contributed by atoms with Gasteiger partial charge in [-0.05, 0) is 41.5 Å². The molecule has 0 N–H and O–H groups in total. The van der Waals surface area contributed by atoms with Gasteiger partial charge in [0.05, 0.1) is 25.4 Å². The number of carbonyl (C=O) groups is 2. The summed E-state index contributed by atoms with van der Waals surface area (Å²) in [6.45, 7) is 3.79. The van der Waals surface area contributed by atoms with Gasteiger partial charge in [0.2, 0.25) is 0 Å². The molecule has 0 unspecified atom stereocenters. The zero-order chi connectivity index (χ0) is 21.4. The first kappa shape index (κ1) is 21.7. The van der Waals surface area contributed by atoms with E-state index in [2.05, 4.69) is 4.74 Å². The number of allylic oxidation sites excluding steroid dienone is 1. The van der Waals surface area contributed by atoms with Gasteiger partial charge < -0.3 is 14.2 Å². The second kappa shape index (κ2) is 10.1. The Kier molecular flexibility index (Phi) is 7.55. The molecule has 150 valence electrons. The summed E-state index contributed by atoms with van der Waals surface area (Å²) in [6.07, 6.45) is 1.54. The second-order valence-corrected chi connectivity index (χ2v) is 6.58. The molecule has 0 saturated carbocycles. The molecule has 6 heteroatoms. The number of Topliss-reactive ketones (excluding diaryl/α,β-unsaturated/α-hetero) is 1. The van der Waals surface area contributed by atoms with E-state index in [1.54, 1.807) is 62.4 Å². The van der Waals surface area contributed by atoms with Crippen molar-refractivity contribution < 1.29 is 23.8 Å². The van der Waals surface area contributed by atoms with E-state index in [0.717, 1.165) is 5.56 Å². The first-order chi connectivity index (χ1) is 13.9. The topological polar surface area (TPSA) is 85.6 Å². The lowest BCUT2D eigenvalue weighted by atomic mass is 10.00. The van der Waals surface area contributed by atoms with Gasteiger partial charge in [0.25, 0.3) is 0 Å². The molecule has 0 amide bonds. The van der Waals surface area contributed by atoms with Gasteiger partial charge in [-0.25, -0.2) is 4.79 Å². The van der Waals surface area contributed by atoms with E-state index < -0.39 is 5.97 Å². The maximum atomic E-state index is 12.1. The molecular formula is C23H23NO5. The number of hydrogen-bond donors (Lipinski definition) is 0. The Bertz CT molecular complexity index is 952. The van der Waals surface area contributed by atoms with Crippen molar-refractivity contribution in [2.24, 2.45) is 5.92 Å². The van der Waals surface area contributed by atoms with Gasteiger partial charge in [-0.2, -0.15) is 5.26 Å². The Morgan fingerprint density at radius 3 is 2.31 bits per heavy atom. The van der Waals surface area contributed by atoms with E-state index in [1.807, 2.05) is 6.07 Å². The third-order valence-electron chi connectivity index (χ3n) is 4.18. The first-order valence-electron chi connectivity index (χ1n) is 9.03. The van der Waals surface area contributed by atoms with Crippen molar-refractivity contribution in [2.45, 2.75) is 20.5 Å². The second-order valence-electron chi connectivity index (χ2n) is 6.58. The number of ketones is 1. The normalized spacial score (nSPS) is 11.0. The van der Waals surface area contributed by atoms with Crippen molar-refractivity contribution in [1.82, 2.24) is 0 Å². The highest BCUT2D eigenvalue weighted by molar-refractivity contribution is 6.04. The Labute approximate surface area is 170 Å². The smallest absolute Gasteiger partial charge is 0.337 e. The minimum absolute atomic E-state index is 0.0985. The summed E-state index contributed by atoms with van der Waals surface area (Å²) in [7, 11) is 2.86. The van der Waals surface area contributed by atoms with Crippen LogP contribution in [0.5, 0.6) is 11.5 Å². The van der Waals surface area contributed by atoms with Gasteiger partial charge in [0, 0.05) is 5.92 Å². The molecule has 0 aliphatic carbocycles. The van der Waals surface area contributed by atoms with Crippen LogP contribution in [-0.4, -0.2) is 26.0 Å². The van der Waals surface area contributed by atoms with Crippen molar-refractivity contribution >= 4 is 17.8 Å². The van der Waals surface area contributed by atoms with E-state index in [-0.39, 0.29) is 23.9 Å².